The molecule has 0 bridgehead atoms. The molecular formula is C24H18ClN5O2S. The van der Waals surface area contributed by atoms with Gasteiger partial charge in [0.2, 0.25) is 0 Å². The number of carbonyl (C=O) groups is 2. The van der Waals surface area contributed by atoms with Gasteiger partial charge in [-0.15, -0.1) is 21.5 Å². The van der Waals surface area contributed by atoms with Gasteiger partial charge in [0.1, 0.15) is 16.5 Å². The number of para-hydroxylation sites is 1. The molecule has 2 N–H and O–H groups in total. The van der Waals surface area contributed by atoms with Crippen LogP contribution in [0.5, 0.6) is 0 Å². The number of thiophene rings is 1. The van der Waals surface area contributed by atoms with Crippen molar-refractivity contribution in [1.82, 2.24) is 25.1 Å². The summed E-state index contributed by atoms with van der Waals surface area (Å²) in [6.45, 7) is 1.95. The van der Waals surface area contributed by atoms with Crippen LogP contribution in [0.1, 0.15) is 38.1 Å². The maximum absolute atomic E-state index is 13.2. The molecule has 0 aliphatic carbocycles. The Kier molecular flexibility index (Phi) is 5.53. The summed E-state index contributed by atoms with van der Waals surface area (Å²) in [5.74, 6) is 0.697. The lowest BCUT2D eigenvalue weighted by Crippen LogP contribution is -2.25. The fraction of sp³-hybridized carbons (Fsp3) is 0.0833. The Hall–Kier alpha value is -3.75. The van der Waals surface area contributed by atoms with Gasteiger partial charge in [-0.3, -0.25) is 14.2 Å². The van der Waals surface area contributed by atoms with Crippen LogP contribution in [-0.4, -0.2) is 31.4 Å². The molecule has 5 aromatic rings. The second-order valence-electron chi connectivity index (χ2n) is 7.40. The van der Waals surface area contributed by atoms with E-state index in [1.54, 1.807) is 47.9 Å². The number of amides is 1. The normalized spacial score (nSPS) is 11.1. The summed E-state index contributed by atoms with van der Waals surface area (Å²) in [4.78, 5) is 29.0. The molecule has 0 saturated heterocycles. The van der Waals surface area contributed by atoms with E-state index in [2.05, 4.69) is 20.5 Å². The summed E-state index contributed by atoms with van der Waals surface area (Å²) >= 11 is 7.65. The number of ketones is 1. The molecule has 0 unspecified atom stereocenters. The summed E-state index contributed by atoms with van der Waals surface area (Å²) in [5.41, 5.74) is 2.28. The zero-order chi connectivity index (χ0) is 22.9. The molecule has 0 fully saturated rings. The molecule has 0 aliphatic rings. The smallest absolute Gasteiger partial charge is 0.268 e. The lowest BCUT2D eigenvalue weighted by Gasteiger charge is -2.10. The van der Waals surface area contributed by atoms with Crippen molar-refractivity contribution in [3.05, 3.63) is 99.5 Å². The van der Waals surface area contributed by atoms with E-state index in [0.717, 1.165) is 10.9 Å². The van der Waals surface area contributed by atoms with Crippen LogP contribution in [0.25, 0.3) is 15.9 Å². The standard InChI is InChI=1S/C24H18ClN5O2S/c1-14-28-29-21(13-26-23(32)20-12-15-6-2-5-9-19(15)27-20)30(14)24-17(10-11-33-24)22(31)16-7-3-4-8-18(16)25/h2-12,27H,13H2,1H3,(H,26,32). The Morgan fingerprint density at radius 1 is 1.06 bits per heavy atom. The van der Waals surface area contributed by atoms with E-state index in [9.17, 15) is 9.59 Å². The molecule has 2 aromatic carbocycles. The second-order valence-corrected chi connectivity index (χ2v) is 8.70. The fourth-order valence-electron chi connectivity index (χ4n) is 3.67. The second kappa shape index (κ2) is 8.65. The number of hydrogen-bond acceptors (Lipinski definition) is 5. The molecule has 3 heterocycles. The number of benzene rings is 2. The maximum atomic E-state index is 13.2. The van der Waals surface area contributed by atoms with Crippen LogP contribution in [0, 0.1) is 6.92 Å². The lowest BCUT2D eigenvalue weighted by atomic mass is 10.1. The van der Waals surface area contributed by atoms with Gasteiger partial charge in [-0.1, -0.05) is 41.9 Å². The van der Waals surface area contributed by atoms with Crippen molar-refractivity contribution in [3.8, 4) is 5.00 Å². The minimum atomic E-state index is -0.253. The van der Waals surface area contributed by atoms with E-state index in [4.69, 9.17) is 11.6 Å². The average molecular weight is 476 g/mol. The minimum absolute atomic E-state index is 0.145. The Labute approximate surface area is 198 Å². The molecule has 0 radical (unpaired) electrons. The van der Waals surface area contributed by atoms with Crippen LogP contribution in [-0.2, 0) is 6.54 Å². The van der Waals surface area contributed by atoms with Crippen LogP contribution in [0.2, 0.25) is 5.02 Å². The predicted molar refractivity (Wildman–Crippen MR) is 128 cm³/mol. The highest BCUT2D eigenvalue weighted by Gasteiger charge is 2.22. The molecule has 0 aliphatic heterocycles. The molecular weight excluding hydrogens is 458 g/mol. The van der Waals surface area contributed by atoms with Crippen molar-refractivity contribution in [2.24, 2.45) is 0 Å². The Bertz CT molecular complexity index is 1470. The summed E-state index contributed by atoms with van der Waals surface area (Å²) in [6, 6.07) is 18.2. The highest BCUT2D eigenvalue weighted by Crippen LogP contribution is 2.28. The van der Waals surface area contributed by atoms with Crippen molar-refractivity contribution in [3.63, 3.8) is 0 Å². The third kappa shape index (κ3) is 3.94. The number of aryl methyl sites for hydroxylation is 1. The van der Waals surface area contributed by atoms with Gasteiger partial charge in [0.25, 0.3) is 5.91 Å². The number of carbonyl (C=O) groups excluding carboxylic acids is 2. The first kappa shape index (κ1) is 21.1. The van der Waals surface area contributed by atoms with Gasteiger partial charge in [-0.05, 0) is 42.6 Å². The van der Waals surface area contributed by atoms with E-state index in [-0.39, 0.29) is 18.2 Å². The van der Waals surface area contributed by atoms with Gasteiger partial charge in [0.15, 0.2) is 11.6 Å². The lowest BCUT2D eigenvalue weighted by molar-refractivity contribution is 0.0944. The zero-order valence-corrected chi connectivity index (χ0v) is 19.1. The molecule has 7 nitrogen and oxygen atoms in total. The van der Waals surface area contributed by atoms with E-state index >= 15 is 0 Å². The first-order valence-corrected chi connectivity index (χ1v) is 11.4. The third-order valence-electron chi connectivity index (χ3n) is 5.28. The van der Waals surface area contributed by atoms with Gasteiger partial charge >= 0.3 is 0 Å². The predicted octanol–water partition coefficient (Wildman–Crippen LogP) is 4.93. The van der Waals surface area contributed by atoms with E-state index in [1.807, 2.05) is 29.6 Å². The first-order chi connectivity index (χ1) is 16.0. The monoisotopic (exact) mass is 475 g/mol. The van der Waals surface area contributed by atoms with Crippen molar-refractivity contribution in [2.75, 3.05) is 0 Å². The van der Waals surface area contributed by atoms with Crippen LogP contribution >= 0.6 is 22.9 Å². The van der Waals surface area contributed by atoms with Crippen molar-refractivity contribution in [2.45, 2.75) is 13.5 Å². The van der Waals surface area contributed by atoms with E-state index in [0.29, 0.717) is 38.5 Å². The van der Waals surface area contributed by atoms with Gasteiger partial charge in [0, 0.05) is 16.5 Å². The quantitative estimate of drug-likeness (QED) is 0.340. The van der Waals surface area contributed by atoms with Gasteiger partial charge in [0.05, 0.1) is 17.1 Å². The number of rotatable bonds is 6. The van der Waals surface area contributed by atoms with Crippen LogP contribution in [0.4, 0.5) is 0 Å². The van der Waals surface area contributed by atoms with Gasteiger partial charge < -0.3 is 10.3 Å². The van der Waals surface area contributed by atoms with E-state index in [1.165, 1.54) is 11.3 Å². The van der Waals surface area contributed by atoms with Crippen molar-refractivity contribution >= 4 is 45.5 Å². The number of fused-ring (bicyclic) bond motifs is 1. The molecule has 33 heavy (non-hydrogen) atoms. The summed E-state index contributed by atoms with van der Waals surface area (Å²) in [6.07, 6.45) is 0. The SMILES string of the molecule is Cc1nnc(CNC(=O)c2cc3ccccc3[nH]2)n1-c1sccc1C(=O)c1ccccc1Cl. The van der Waals surface area contributed by atoms with Crippen LogP contribution in [0.3, 0.4) is 0 Å². The number of H-pyrrole nitrogens is 1. The molecule has 164 valence electrons. The first-order valence-electron chi connectivity index (χ1n) is 10.2. The number of nitrogens with one attached hydrogen (secondary N) is 2. The maximum Gasteiger partial charge on any atom is 0.268 e. The molecule has 0 atom stereocenters. The third-order valence-corrected chi connectivity index (χ3v) is 6.51. The number of nitrogens with zero attached hydrogens (tertiary/aromatic N) is 3. The molecule has 0 saturated carbocycles. The molecule has 3 aromatic heterocycles. The minimum Gasteiger partial charge on any atom is -0.351 e. The largest absolute Gasteiger partial charge is 0.351 e. The van der Waals surface area contributed by atoms with Crippen molar-refractivity contribution in [1.29, 1.82) is 0 Å². The summed E-state index contributed by atoms with van der Waals surface area (Å²) in [7, 11) is 0. The number of halogens is 1. The van der Waals surface area contributed by atoms with Gasteiger partial charge in [-0.2, -0.15) is 0 Å². The Morgan fingerprint density at radius 3 is 2.67 bits per heavy atom. The molecule has 0 spiro atoms. The topological polar surface area (TPSA) is 92.7 Å². The van der Waals surface area contributed by atoms with Crippen LogP contribution in [0.15, 0.2) is 66.0 Å². The summed E-state index contributed by atoms with van der Waals surface area (Å²) in [5, 5.41) is 15.2. The highest BCUT2D eigenvalue weighted by atomic mass is 35.5. The van der Waals surface area contributed by atoms with Gasteiger partial charge in [-0.25, -0.2) is 0 Å². The highest BCUT2D eigenvalue weighted by molar-refractivity contribution is 7.13. The zero-order valence-electron chi connectivity index (χ0n) is 17.5. The molecule has 9 heteroatoms. The molecule has 5 rings (SSSR count). The number of hydrogen-bond donors (Lipinski definition) is 2. The Balaban J connectivity index is 1.42. The van der Waals surface area contributed by atoms with Crippen molar-refractivity contribution < 1.29 is 9.59 Å². The fourth-order valence-corrected chi connectivity index (χ4v) is 4.86. The number of aromatic nitrogens is 4. The van der Waals surface area contributed by atoms with Crippen LogP contribution < -0.4 is 5.32 Å². The molecule has 1 amide bonds. The number of aromatic amines is 1. The average Bonchev–Trinajstić information content (AvgIpc) is 3.55. The summed E-state index contributed by atoms with van der Waals surface area (Å²) < 4.78 is 1.79. The Morgan fingerprint density at radius 2 is 1.85 bits per heavy atom. The van der Waals surface area contributed by atoms with E-state index < -0.39 is 0 Å².